The van der Waals surface area contributed by atoms with Crippen molar-refractivity contribution in [2.75, 3.05) is 0 Å². The van der Waals surface area contributed by atoms with Gasteiger partial charge in [-0.15, -0.1) is 0 Å². The Balaban J connectivity index is 1.84. The Morgan fingerprint density at radius 2 is 1.62 bits per heavy atom. The zero-order chi connectivity index (χ0) is 20.4. The van der Waals surface area contributed by atoms with Crippen LogP contribution < -0.4 is 5.73 Å². The molecule has 0 aliphatic heterocycles. The largest absolute Gasteiger partial charge is 0.368 e. The van der Waals surface area contributed by atoms with Crippen LogP contribution in [0, 0.1) is 5.82 Å². The van der Waals surface area contributed by atoms with Crippen LogP contribution in [0.4, 0.5) is 4.39 Å². The highest BCUT2D eigenvalue weighted by Gasteiger charge is 2.39. The third-order valence-electron chi connectivity index (χ3n) is 5.41. The standard InChI is InChI=1S/C24H21FN2O2/c25-19-12-13-20-18(15-19)11-14-21(20)27(24(29)17-9-5-2-6-10-17)22(23(26)28)16-7-3-1-4-8-16/h1-10,12-13,15,21-22H,11,14H2,(H2,26,28)/t21-,22?/m1/s1. The lowest BCUT2D eigenvalue weighted by molar-refractivity contribution is -0.123. The number of primary amides is 1. The lowest BCUT2D eigenvalue weighted by Crippen LogP contribution is -2.43. The fraction of sp³-hybridized carbons (Fsp3) is 0.167. The van der Waals surface area contributed by atoms with Gasteiger partial charge >= 0.3 is 0 Å². The predicted octanol–water partition coefficient (Wildman–Crippen LogP) is 4.18. The summed E-state index contributed by atoms with van der Waals surface area (Å²) in [5, 5.41) is 0. The number of benzene rings is 3. The number of carbonyl (C=O) groups is 2. The van der Waals surface area contributed by atoms with Crippen molar-refractivity contribution in [1.29, 1.82) is 0 Å². The van der Waals surface area contributed by atoms with Gasteiger partial charge in [0.2, 0.25) is 5.91 Å². The Morgan fingerprint density at radius 3 is 2.28 bits per heavy atom. The Hall–Kier alpha value is -3.47. The van der Waals surface area contributed by atoms with Crippen LogP contribution >= 0.6 is 0 Å². The highest BCUT2D eigenvalue weighted by molar-refractivity contribution is 5.98. The number of rotatable bonds is 5. The quantitative estimate of drug-likeness (QED) is 0.713. The normalized spacial score (nSPS) is 16.1. The molecule has 0 saturated carbocycles. The van der Waals surface area contributed by atoms with Gasteiger partial charge in [0.1, 0.15) is 11.9 Å². The first-order valence-corrected chi connectivity index (χ1v) is 9.56. The van der Waals surface area contributed by atoms with Crippen LogP contribution in [0.1, 0.15) is 45.6 Å². The molecule has 1 aliphatic rings. The molecule has 0 aromatic heterocycles. The van der Waals surface area contributed by atoms with E-state index in [4.69, 9.17) is 5.73 Å². The summed E-state index contributed by atoms with van der Waals surface area (Å²) in [6.45, 7) is 0. The fourth-order valence-corrected chi connectivity index (χ4v) is 4.12. The number of amides is 2. The molecule has 2 atom stereocenters. The molecule has 4 nitrogen and oxygen atoms in total. The molecule has 5 heteroatoms. The smallest absolute Gasteiger partial charge is 0.255 e. The van der Waals surface area contributed by atoms with Crippen LogP contribution in [-0.2, 0) is 11.2 Å². The van der Waals surface area contributed by atoms with Crippen molar-refractivity contribution in [2.24, 2.45) is 5.73 Å². The maximum absolute atomic E-state index is 13.7. The first-order chi connectivity index (χ1) is 14.1. The van der Waals surface area contributed by atoms with Gasteiger partial charge in [0.15, 0.2) is 0 Å². The Morgan fingerprint density at radius 1 is 0.966 bits per heavy atom. The molecule has 1 aliphatic carbocycles. The molecule has 1 unspecified atom stereocenters. The second-order valence-corrected chi connectivity index (χ2v) is 7.19. The zero-order valence-corrected chi connectivity index (χ0v) is 15.8. The molecular formula is C24H21FN2O2. The van der Waals surface area contributed by atoms with E-state index < -0.39 is 11.9 Å². The molecule has 0 bridgehead atoms. The van der Waals surface area contributed by atoms with Crippen molar-refractivity contribution in [1.82, 2.24) is 4.90 Å². The number of hydrogen-bond donors (Lipinski definition) is 1. The number of nitrogens with zero attached hydrogens (tertiary/aromatic N) is 1. The summed E-state index contributed by atoms with van der Waals surface area (Å²) in [4.78, 5) is 27.7. The fourth-order valence-electron chi connectivity index (χ4n) is 4.12. The minimum absolute atomic E-state index is 0.277. The number of hydrogen-bond acceptors (Lipinski definition) is 2. The minimum atomic E-state index is -0.926. The summed E-state index contributed by atoms with van der Waals surface area (Å²) in [5.74, 6) is -1.18. The van der Waals surface area contributed by atoms with Gasteiger partial charge in [0, 0.05) is 5.56 Å². The lowest BCUT2D eigenvalue weighted by Gasteiger charge is -2.36. The third-order valence-corrected chi connectivity index (χ3v) is 5.41. The first kappa shape index (κ1) is 18.9. The monoisotopic (exact) mass is 388 g/mol. The van der Waals surface area contributed by atoms with Crippen LogP contribution in [-0.4, -0.2) is 16.7 Å². The summed E-state index contributed by atoms with van der Waals surface area (Å²) < 4.78 is 13.7. The summed E-state index contributed by atoms with van der Waals surface area (Å²) in [7, 11) is 0. The summed E-state index contributed by atoms with van der Waals surface area (Å²) in [6.07, 6.45) is 1.24. The minimum Gasteiger partial charge on any atom is -0.368 e. The van der Waals surface area contributed by atoms with E-state index in [2.05, 4.69) is 0 Å². The maximum atomic E-state index is 13.7. The van der Waals surface area contributed by atoms with Gasteiger partial charge in [-0.2, -0.15) is 0 Å². The molecule has 3 aromatic carbocycles. The molecule has 0 spiro atoms. The average molecular weight is 388 g/mol. The molecule has 29 heavy (non-hydrogen) atoms. The zero-order valence-electron chi connectivity index (χ0n) is 15.8. The SMILES string of the molecule is NC(=O)C(c1ccccc1)N(C(=O)c1ccccc1)[C@@H]1CCc2cc(F)ccc21. The van der Waals surface area contributed by atoms with Gasteiger partial charge in [0.05, 0.1) is 6.04 Å². The molecule has 146 valence electrons. The van der Waals surface area contributed by atoms with Gasteiger partial charge in [-0.1, -0.05) is 54.6 Å². The number of aryl methyl sites for hydroxylation is 1. The Bertz CT molecular complexity index is 1040. The van der Waals surface area contributed by atoms with E-state index in [1.807, 2.05) is 24.3 Å². The second kappa shape index (κ2) is 7.87. The van der Waals surface area contributed by atoms with Gasteiger partial charge < -0.3 is 10.6 Å². The Labute approximate surface area is 168 Å². The molecular weight excluding hydrogens is 367 g/mol. The number of fused-ring (bicyclic) bond motifs is 1. The highest BCUT2D eigenvalue weighted by atomic mass is 19.1. The summed E-state index contributed by atoms with van der Waals surface area (Å²) in [6, 6.07) is 21.2. The van der Waals surface area contributed by atoms with Crippen LogP contribution in [0.25, 0.3) is 0 Å². The maximum Gasteiger partial charge on any atom is 0.255 e. The van der Waals surface area contributed by atoms with Gasteiger partial charge in [-0.05, 0) is 53.8 Å². The molecule has 0 heterocycles. The van der Waals surface area contributed by atoms with Gasteiger partial charge in [0.25, 0.3) is 5.91 Å². The third kappa shape index (κ3) is 3.63. The van der Waals surface area contributed by atoms with Crippen LogP contribution in [0.2, 0.25) is 0 Å². The van der Waals surface area contributed by atoms with Crippen molar-refractivity contribution in [3.8, 4) is 0 Å². The molecule has 2 N–H and O–H groups in total. The molecule has 2 amide bonds. The van der Waals surface area contributed by atoms with Crippen molar-refractivity contribution < 1.29 is 14.0 Å². The number of carbonyl (C=O) groups excluding carboxylic acids is 2. The average Bonchev–Trinajstić information content (AvgIpc) is 3.15. The van der Waals surface area contributed by atoms with E-state index in [1.54, 1.807) is 47.4 Å². The molecule has 0 saturated heterocycles. The van der Waals surface area contributed by atoms with Crippen molar-refractivity contribution in [2.45, 2.75) is 24.9 Å². The first-order valence-electron chi connectivity index (χ1n) is 9.56. The molecule has 4 rings (SSSR count). The van der Waals surface area contributed by atoms with Gasteiger partial charge in [-0.25, -0.2) is 4.39 Å². The van der Waals surface area contributed by atoms with E-state index in [0.29, 0.717) is 24.0 Å². The van der Waals surface area contributed by atoms with Crippen molar-refractivity contribution >= 4 is 11.8 Å². The van der Waals surface area contributed by atoms with Crippen LogP contribution in [0.15, 0.2) is 78.9 Å². The second-order valence-electron chi connectivity index (χ2n) is 7.19. The predicted molar refractivity (Wildman–Crippen MR) is 108 cm³/mol. The van der Waals surface area contributed by atoms with Crippen LogP contribution in [0.5, 0.6) is 0 Å². The molecule has 0 radical (unpaired) electrons. The van der Waals surface area contributed by atoms with Gasteiger partial charge in [-0.3, -0.25) is 9.59 Å². The Kier molecular flexibility index (Phi) is 5.12. The van der Waals surface area contributed by atoms with E-state index in [0.717, 1.165) is 11.1 Å². The van der Waals surface area contributed by atoms with E-state index in [9.17, 15) is 14.0 Å². The number of halogens is 1. The molecule has 3 aromatic rings. The van der Waals surface area contributed by atoms with Crippen molar-refractivity contribution in [3.63, 3.8) is 0 Å². The number of nitrogens with two attached hydrogens (primary N) is 1. The topological polar surface area (TPSA) is 63.4 Å². The highest BCUT2D eigenvalue weighted by Crippen LogP contribution is 2.41. The van der Waals surface area contributed by atoms with Crippen molar-refractivity contribution in [3.05, 3.63) is 107 Å². The summed E-state index contributed by atoms with van der Waals surface area (Å²) in [5.41, 5.74) is 8.65. The van der Waals surface area contributed by atoms with E-state index in [1.165, 1.54) is 12.1 Å². The van der Waals surface area contributed by atoms with E-state index >= 15 is 0 Å². The van der Waals surface area contributed by atoms with E-state index in [-0.39, 0.29) is 17.8 Å². The summed E-state index contributed by atoms with van der Waals surface area (Å²) >= 11 is 0. The van der Waals surface area contributed by atoms with Crippen LogP contribution in [0.3, 0.4) is 0 Å². The molecule has 0 fully saturated rings. The lowest BCUT2D eigenvalue weighted by atomic mass is 9.98.